The van der Waals surface area contributed by atoms with Crippen LogP contribution in [0.25, 0.3) is 5.82 Å². The molecule has 3 rings (SSSR count). The molecule has 0 unspecified atom stereocenters. The second kappa shape index (κ2) is 9.45. The Kier molecular flexibility index (Phi) is 6.53. The number of hydrogen-bond acceptors (Lipinski definition) is 8. The molecule has 0 fully saturated rings. The highest BCUT2D eigenvalue weighted by Gasteiger charge is 2.18. The number of benzene rings is 1. The highest BCUT2D eigenvalue weighted by molar-refractivity contribution is 5.95. The van der Waals surface area contributed by atoms with Crippen LogP contribution in [0.1, 0.15) is 23.0 Å². The minimum absolute atomic E-state index is 0.0148. The van der Waals surface area contributed by atoms with Gasteiger partial charge in [0.05, 0.1) is 29.5 Å². The van der Waals surface area contributed by atoms with E-state index in [1.807, 2.05) is 6.92 Å². The Morgan fingerprint density at radius 1 is 1.20 bits per heavy atom. The number of ether oxygens (including phenoxy) is 1. The van der Waals surface area contributed by atoms with Crippen LogP contribution in [-0.2, 0) is 6.42 Å². The van der Waals surface area contributed by atoms with Crippen LogP contribution in [0.2, 0.25) is 0 Å². The molecule has 2 N–H and O–H groups in total. The van der Waals surface area contributed by atoms with Gasteiger partial charge >= 0.3 is 0 Å². The molecule has 2 aromatic heterocycles. The lowest BCUT2D eigenvalue weighted by Gasteiger charge is -2.09. The van der Waals surface area contributed by atoms with Crippen LogP contribution < -0.4 is 15.4 Å². The molecule has 11 heteroatoms. The minimum Gasteiger partial charge on any atom is -0.480 e. The Balaban J connectivity index is 1.63. The smallest absolute Gasteiger partial charge is 0.292 e. The SMILES string of the molecule is CCc1c(C(=O)NCCNc2ccccc2[N+](=O)[O-])cnn1-c1ccc(OC)nn1. The fourth-order valence-electron chi connectivity index (χ4n) is 2.89. The molecule has 0 aliphatic heterocycles. The third-order valence-electron chi connectivity index (χ3n) is 4.33. The molecule has 0 saturated carbocycles. The van der Waals surface area contributed by atoms with E-state index in [9.17, 15) is 14.9 Å². The topological polar surface area (TPSA) is 137 Å². The first-order valence-electron chi connectivity index (χ1n) is 9.25. The third-order valence-corrected chi connectivity index (χ3v) is 4.33. The zero-order valence-corrected chi connectivity index (χ0v) is 16.5. The molecule has 0 radical (unpaired) electrons. The van der Waals surface area contributed by atoms with Crippen molar-refractivity contribution in [3.63, 3.8) is 0 Å². The molecule has 0 spiro atoms. The summed E-state index contributed by atoms with van der Waals surface area (Å²) in [7, 11) is 1.50. The van der Waals surface area contributed by atoms with E-state index in [2.05, 4.69) is 25.9 Å². The van der Waals surface area contributed by atoms with Gasteiger partial charge in [-0.15, -0.1) is 10.2 Å². The molecule has 1 aromatic carbocycles. The lowest BCUT2D eigenvalue weighted by Crippen LogP contribution is -2.29. The first-order chi connectivity index (χ1) is 14.5. The van der Waals surface area contributed by atoms with Crippen molar-refractivity contribution in [2.75, 3.05) is 25.5 Å². The maximum atomic E-state index is 12.6. The van der Waals surface area contributed by atoms with Gasteiger partial charge in [0.1, 0.15) is 5.69 Å². The van der Waals surface area contributed by atoms with Crippen LogP contribution in [0, 0.1) is 10.1 Å². The number of para-hydroxylation sites is 2. The third kappa shape index (κ3) is 4.51. The summed E-state index contributed by atoms with van der Waals surface area (Å²) in [4.78, 5) is 23.2. The number of carbonyl (C=O) groups excluding carboxylic acids is 1. The fraction of sp³-hybridized carbons (Fsp3) is 0.263. The van der Waals surface area contributed by atoms with E-state index in [-0.39, 0.29) is 18.1 Å². The Morgan fingerprint density at radius 2 is 2.00 bits per heavy atom. The van der Waals surface area contributed by atoms with Gasteiger partial charge in [0.25, 0.3) is 11.6 Å². The largest absolute Gasteiger partial charge is 0.480 e. The van der Waals surface area contributed by atoms with Crippen LogP contribution in [0.4, 0.5) is 11.4 Å². The number of anilines is 1. The van der Waals surface area contributed by atoms with Crippen LogP contribution in [-0.4, -0.2) is 51.0 Å². The minimum atomic E-state index is -0.453. The standard InChI is InChI=1S/C19H21N7O4/c1-3-15-13(12-22-25(15)17-8-9-18(30-2)24-23-17)19(27)21-11-10-20-14-6-4-5-7-16(14)26(28)29/h4-9,12,20H,3,10-11H2,1-2H3,(H,21,27). The zero-order valence-electron chi connectivity index (χ0n) is 16.5. The van der Waals surface area contributed by atoms with Crippen molar-refractivity contribution in [3.05, 3.63) is 64.0 Å². The first-order valence-corrected chi connectivity index (χ1v) is 9.25. The maximum absolute atomic E-state index is 12.6. The summed E-state index contributed by atoms with van der Waals surface area (Å²) >= 11 is 0. The van der Waals surface area contributed by atoms with Crippen molar-refractivity contribution in [3.8, 4) is 11.7 Å². The number of rotatable bonds is 9. The second-order valence-corrected chi connectivity index (χ2v) is 6.16. The van der Waals surface area contributed by atoms with E-state index >= 15 is 0 Å². The molecule has 0 aliphatic carbocycles. The van der Waals surface area contributed by atoms with Gasteiger partial charge in [-0.2, -0.15) is 5.10 Å². The zero-order chi connectivity index (χ0) is 21.5. The summed E-state index contributed by atoms with van der Waals surface area (Å²) in [6.45, 7) is 2.52. The van der Waals surface area contributed by atoms with E-state index in [4.69, 9.17) is 4.74 Å². The summed E-state index contributed by atoms with van der Waals surface area (Å²) in [6.07, 6.45) is 2.04. The number of nitrogens with one attached hydrogen (secondary N) is 2. The van der Waals surface area contributed by atoms with E-state index in [0.29, 0.717) is 41.6 Å². The molecule has 1 amide bonds. The molecule has 156 valence electrons. The van der Waals surface area contributed by atoms with Crippen molar-refractivity contribution >= 4 is 17.3 Å². The average Bonchev–Trinajstić information content (AvgIpc) is 3.21. The van der Waals surface area contributed by atoms with Gasteiger partial charge in [-0.05, 0) is 18.6 Å². The molecule has 11 nitrogen and oxygen atoms in total. The summed E-state index contributed by atoms with van der Waals surface area (Å²) in [5.74, 6) is 0.571. The van der Waals surface area contributed by atoms with Gasteiger partial charge < -0.3 is 15.4 Å². The highest BCUT2D eigenvalue weighted by Crippen LogP contribution is 2.22. The Morgan fingerprint density at radius 3 is 2.67 bits per heavy atom. The van der Waals surface area contributed by atoms with Crippen molar-refractivity contribution in [1.82, 2.24) is 25.3 Å². The van der Waals surface area contributed by atoms with Crippen LogP contribution in [0.3, 0.4) is 0 Å². The summed E-state index contributed by atoms with van der Waals surface area (Å²) < 4.78 is 6.56. The quantitative estimate of drug-likeness (QED) is 0.310. The monoisotopic (exact) mass is 411 g/mol. The fourth-order valence-corrected chi connectivity index (χ4v) is 2.89. The summed E-state index contributed by atoms with van der Waals surface area (Å²) in [6, 6.07) is 9.72. The Bertz CT molecular complexity index is 1030. The lowest BCUT2D eigenvalue weighted by atomic mass is 10.2. The molecule has 0 atom stereocenters. The first kappa shape index (κ1) is 20.7. The molecular formula is C19H21N7O4. The van der Waals surface area contributed by atoms with Crippen molar-refractivity contribution < 1.29 is 14.5 Å². The van der Waals surface area contributed by atoms with Gasteiger partial charge in [-0.25, -0.2) is 4.68 Å². The molecule has 0 aliphatic rings. The number of amides is 1. The van der Waals surface area contributed by atoms with Gasteiger partial charge in [-0.1, -0.05) is 19.1 Å². The Hall–Kier alpha value is -4.02. The summed E-state index contributed by atoms with van der Waals surface area (Å²) in [5, 5.41) is 29.0. The van der Waals surface area contributed by atoms with Gasteiger partial charge in [0.15, 0.2) is 5.82 Å². The molecular weight excluding hydrogens is 390 g/mol. The van der Waals surface area contributed by atoms with Gasteiger partial charge in [0, 0.05) is 25.2 Å². The molecule has 2 heterocycles. The Labute approximate surface area is 172 Å². The van der Waals surface area contributed by atoms with E-state index in [1.54, 1.807) is 35.0 Å². The van der Waals surface area contributed by atoms with Gasteiger partial charge in [-0.3, -0.25) is 14.9 Å². The van der Waals surface area contributed by atoms with E-state index < -0.39 is 4.92 Å². The average molecular weight is 411 g/mol. The number of methoxy groups -OCH3 is 1. The van der Waals surface area contributed by atoms with Crippen molar-refractivity contribution in [2.45, 2.75) is 13.3 Å². The normalized spacial score (nSPS) is 10.5. The molecule has 0 bridgehead atoms. The number of nitro benzene ring substituents is 1. The predicted octanol–water partition coefficient (Wildman–Crippen LogP) is 1.98. The number of nitro groups is 1. The van der Waals surface area contributed by atoms with E-state index in [0.717, 1.165) is 0 Å². The second-order valence-electron chi connectivity index (χ2n) is 6.16. The van der Waals surface area contributed by atoms with Crippen molar-refractivity contribution in [1.29, 1.82) is 0 Å². The lowest BCUT2D eigenvalue weighted by molar-refractivity contribution is -0.384. The molecule has 0 saturated heterocycles. The molecule has 30 heavy (non-hydrogen) atoms. The number of hydrogen-bond donors (Lipinski definition) is 2. The van der Waals surface area contributed by atoms with Crippen molar-refractivity contribution in [2.24, 2.45) is 0 Å². The highest BCUT2D eigenvalue weighted by atomic mass is 16.6. The number of aromatic nitrogens is 4. The van der Waals surface area contributed by atoms with E-state index in [1.165, 1.54) is 19.4 Å². The van der Waals surface area contributed by atoms with Crippen LogP contribution in [0.15, 0.2) is 42.6 Å². The number of carbonyl (C=O) groups is 1. The van der Waals surface area contributed by atoms with Crippen LogP contribution >= 0.6 is 0 Å². The summed E-state index contributed by atoms with van der Waals surface area (Å²) in [5.41, 5.74) is 1.51. The predicted molar refractivity (Wildman–Crippen MR) is 109 cm³/mol. The maximum Gasteiger partial charge on any atom is 0.292 e. The number of nitrogens with zero attached hydrogens (tertiary/aromatic N) is 5. The molecule has 3 aromatic rings. The van der Waals surface area contributed by atoms with Crippen LogP contribution in [0.5, 0.6) is 5.88 Å². The van der Waals surface area contributed by atoms with Gasteiger partial charge in [0.2, 0.25) is 5.88 Å².